The first-order chi connectivity index (χ1) is 7.70. The number of rotatable bonds is 3. The van der Waals surface area contributed by atoms with Gasteiger partial charge in [0.05, 0.1) is 29.6 Å². The smallest absolute Gasteiger partial charge is 0.137 e. The number of nitriles is 1. The van der Waals surface area contributed by atoms with E-state index in [1.165, 1.54) is 6.20 Å². The third kappa shape index (κ3) is 1.97. The molecule has 5 heteroatoms. The minimum Gasteiger partial charge on any atom is -0.489 e. The fourth-order valence-electron chi connectivity index (χ4n) is 1.35. The monoisotopic (exact) mass is 217 g/mol. The van der Waals surface area contributed by atoms with Crippen LogP contribution in [0.2, 0.25) is 0 Å². The third-order valence-corrected chi connectivity index (χ3v) is 2.10. The number of pyridine rings is 1. The molecule has 0 aliphatic heterocycles. The zero-order chi connectivity index (χ0) is 11.5. The Hall–Kier alpha value is -2.06. The number of ether oxygens (including phenoxy) is 1. The summed E-state index contributed by atoms with van der Waals surface area (Å²) >= 11 is 0. The normalized spacial score (nSPS) is 12.3. The van der Waals surface area contributed by atoms with Gasteiger partial charge >= 0.3 is 0 Å². The number of nitrogens with zero attached hydrogens (tertiary/aromatic N) is 3. The first-order valence-electron chi connectivity index (χ1n) is 4.89. The van der Waals surface area contributed by atoms with Crippen LogP contribution < -0.4 is 4.74 Å². The van der Waals surface area contributed by atoms with Crippen LogP contribution in [0, 0.1) is 11.3 Å². The van der Waals surface area contributed by atoms with Crippen LogP contribution in [0.3, 0.4) is 0 Å². The van der Waals surface area contributed by atoms with Crippen molar-refractivity contribution in [2.45, 2.75) is 13.0 Å². The quantitative estimate of drug-likeness (QED) is 0.831. The van der Waals surface area contributed by atoms with E-state index in [9.17, 15) is 0 Å². The molecule has 0 saturated heterocycles. The lowest BCUT2D eigenvalue weighted by Crippen LogP contribution is -2.12. The van der Waals surface area contributed by atoms with Gasteiger partial charge in [0.2, 0.25) is 0 Å². The zero-order valence-corrected chi connectivity index (χ0v) is 8.79. The van der Waals surface area contributed by atoms with Gasteiger partial charge in [0.1, 0.15) is 18.4 Å². The Morgan fingerprint density at radius 2 is 2.44 bits per heavy atom. The van der Waals surface area contributed by atoms with Gasteiger partial charge < -0.3 is 9.84 Å². The standard InChI is InChI=1S/C11H11N3O2/c1-8(15)7-16-10-2-3-11-9(4-12)5-13-14(11)6-10/h2-3,5-6,8,15H,7H2,1H3/t8-/m0/s1. The molecule has 0 unspecified atom stereocenters. The van der Waals surface area contributed by atoms with Gasteiger partial charge in [-0.2, -0.15) is 10.4 Å². The van der Waals surface area contributed by atoms with Crippen LogP contribution in [0.1, 0.15) is 12.5 Å². The maximum absolute atomic E-state index is 9.08. The summed E-state index contributed by atoms with van der Waals surface area (Å²) in [4.78, 5) is 0. The van der Waals surface area contributed by atoms with Gasteiger partial charge in [0.25, 0.3) is 0 Å². The van der Waals surface area contributed by atoms with Crippen LogP contribution in [-0.2, 0) is 0 Å². The molecule has 0 aliphatic rings. The maximum atomic E-state index is 9.08. The molecule has 0 aromatic carbocycles. The van der Waals surface area contributed by atoms with Crippen LogP contribution >= 0.6 is 0 Å². The highest BCUT2D eigenvalue weighted by Gasteiger charge is 2.04. The summed E-state index contributed by atoms with van der Waals surface area (Å²) in [5.41, 5.74) is 1.27. The summed E-state index contributed by atoms with van der Waals surface area (Å²) in [6, 6.07) is 5.57. The predicted octanol–water partition coefficient (Wildman–Crippen LogP) is 0.966. The fourth-order valence-corrected chi connectivity index (χ4v) is 1.35. The molecule has 2 heterocycles. The van der Waals surface area contributed by atoms with Gasteiger partial charge in [-0.15, -0.1) is 0 Å². The first kappa shape index (κ1) is 10.5. The number of hydrogen-bond donors (Lipinski definition) is 1. The molecular formula is C11H11N3O2. The second-order valence-corrected chi connectivity index (χ2v) is 3.52. The average molecular weight is 217 g/mol. The number of aliphatic hydroxyl groups is 1. The van der Waals surface area contributed by atoms with Crippen molar-refractivity contribution in [3.05, 3.63) is 30.1 Å². The van der Waals surface area contributed by atoms with Gasteiger partial charge in [-0.1, -0.05) is 0 Å². The number of hydrogen-bond acceptors (Lipinski definition) is 4. The topological polar surface area (TPSA) is 70.5 Å². The highest BCUT2D eigenvalue weighted by Crippen LogP contribution is 2.15. The van der Waals surface area contributed by atoms with E-state index in [0.29, 0.717) is 11.3 Å². The van der Waals surface area contributed by atoms with E-state index in [-0.39, 0.29) is 6.61 Å². The van der Waals surface area contributed by atoms with Gasteiger partial charge in [-0.25, -0.2) is 4.52 Å². The Bertz CT molecular complexity index is 540. The molecule has 2 rings (SSSR count). The zero-order valence-electron chi connectivity index (χ0n) is 8.79. The van der Waals surface area contributed by atoms with Crippen molar-refractivity contribution in [2.75, 3.05) is 6.61 Å². The van der Waals surface area contributed by atoms with Crippen molar-refractivity contribution in [3.8, 4) is 11.8 Å². The Balaban J connectivity index is 2.28. The van der Waals surface area contributed by atoms with Crippen LogP contribution in [-0.4, -0.2) is 27.4 Å². The molecule has 0 spiro atoms. The SMILES string of the molecule is C[C@H](O)COc1ccc2c(C#N)cnn2c1. The summed E-state index contributed by atoms with van der Waals surface area (Å²) in [6.45, 7) is 1.89. The molecule has 2 aromatic heterocycles. The molecule has 2 aromatic rings. The van der Waals surface area contributed by atoms with Gasteiger partial charge in [-0.05, 0) is 19.1 Å². The summed E-state index contributed by atoms with van der Waals surface area (Å²) in [5, 5.41) is 21.9. The van der Waals surface area contributed by atoms with Crippen molar-refractivity contribution in [2.24, 2.45) is 0 Å². The van der Waals surface area contributed by atoms with E-state index >= 15 is 0 Å². The minimum absolute atomic E-state index is 0.234. The first-order valence-corrected chi connectivity index (χ1v) is 4.89. The van der Waals surface area contributed by atoms with Crippen LogP contribution in [0.4, 0.5) is 0 Å². The molecule has 1 N–H and O–H groups in total. The molecular weight excluding hydrogens is 206 g/mol. The lowest BCUT2D eigenvalue weighted by Gasteiger charge is -2.07. The largest absolute Gasteiger partial charge is 0.489 e. The highest BCUT2D eigenvalue weighted by molar-refractivity contribution is 5.60. The Morgan fingerprint density at radius 3 is 3.12 bits per heavy atom. The van der Waals surface area contributed by atoms with E-state index in [1.54, 1.807) is 29.8 Å². The second-order valence-electron chi connectivity index (χ2n) is 3.52. The predicted molar refractivity (Wildman–Crippen MR) is 57.1 cm³/mol. The molecule has 1 atom stereocenters. The maximum Gasteiger partial charge on any atom is 0.137 e. The Morgan fingerprint density at radius 1 is 1.62 bits per heavy atom. The average Bonchev–Trinajstić information content (AvgIpc) is 2.68. The molecule has 16 heavy (non-hydrogen) atoms. The second kappa shape index (κ2) is 4.21. The summed E-state index contributed by atoms with van der Waals surface area (Å²) < 4.78 is 6.90. The summed E-state index contributed by atoms with van der Waals surface area (Å²) in [5.74, 6) is 0.612. The molecule has 0 radical (unpaired) electrons. The molecule has 0 bridgehead atoms. The number of aliphatic hydroxyl groups excluding tert-OH is 1. The Labute approximate surface area is 92.5 Å². The van der Waals surface area contributed by atoms with Crippen molar-refractivity contribution in [1.82, 2.24) is 9.61 Å². The highest BCUT2D eigenvalue weighted by atomic mass is 16.5. The lowest BCUT2D eigenvalue weighted by molar-refractivity contribution is 0.122. The summed E-state index contributed by atoms with van der Waals surface area (Å²) in [7, 11) is 0. The number of fused-ring (bicyclic) bond motifs is 1. The van der Waals surface area contributed by atoms with Crippen molar-refractivity contribution < 1.29 is 9.84 Å². The van der Waals surface area contributed by atoms with Crippen molar-refractivity contribution >= 4 is 5.52 Å². The van der Waals surface area contributed by atoms with Crippen LogP contribution in [0.25, 0.3) is 5.52 Å². The molecule has 5 nitrogen and oxygen atoms in total. The molecule has 0 amide bonds. The van der Waals surface area contributed by atoms with Crippen molar-refractivity contribution in [1.29, 1.82) is 5.26 Å². The van der Waals surface area contributed by atoms with Crippen LogP contribution in [0.15, 0.2) is 24.5 Å². The molecule has 0 saturated carbocycles. The van der Waals surface area contributed by atoms with Crippen molar-refractivity contribution in [3.63, 3.8) is 0 Å². The van der Waals surface area contributed by atoms with E-state index in [0.717, 1.165) is 5.52 Å². The van der Waals surface area contributed by atoms with Gasteiger partial charge in [0.15, 0.2) is 0 Å². The third-order valence-electron chi connectivity index (χ3n) is 2.10. The van der Waals surface area contributed by atoms with Gasteiger partial charge in [-0.3, -0.25) is 0 Å². The number of aromatic nitrogens is 2. The van der Waals surface area contributed by atoms with E-state index < -0.39 is 6.10 Å². The van der Waals surface area contributed by atoms with Crippen LogP contribution in [0.5, 0.6) is 5.75 Å². The van der Waals surface area contributed by atoms with Gasteiger partial charge in [0, 0.05) is 0 Å². The minimum atomic E-state index is -0.511. The molecule has 0 aliphatic carbocycles. The summed E-state index contributed by atoms with van der Waals surface area (Å²) in [6.07, 6.45) is 2.68. The Kier molecular flexibility index (Phi) is 2.75. The fraction of sp³-hybridized carbons (Fsp3) is 0.273. The molecule has 82 valence electrons. The van der Waals surface area contributed by atoms with E-state index in [1.807, 2.05) is 0 Å². The van der Waals surface area contributed by atoms with E-state index in [4.69, 9.17) is 15.1 Å². The van der Waals surface area contributed by atoms with E-state index in [2.05, 4.69) is 11.2 Å². The lowest BCUT2D eigenvalue weighted by atomic mass is 10.3. The molecule has 0 fully saturated rings.